The topological polar surface area (TPSA) is 35.2 Å². The van der Waals surface area contributed by atoms with Crippen molar-refractivity contribution in [1.29, 1.82) is 0 Å². The Bertz CT molecular complexity index is 590. The van der Waals surface area contributed by atoms with E-state index in [4.69, 9.17) is 33.7 Å². The zero-order valence-electron chi connectivity index (χ0n) is 10.00. The Balaban J connectivity index is 2.35. The summed E-state index contributed by atoms with van der Waals surface area (Å²) in [7, 11) is 0. The predicted molar refractivity (Wildman–Crippen MR) is 75.7 cm³/mol. The molecular formula is C14H12Cl2FNO. The Morgan fingerprint density at radius 1 is 1.11 bits per heavy atom. The maximum Gasteiger partial charge on any atom is 0.146 e. The molecule has 0 radical (unpaired) electrons. The lowest BCUT2D eigenvalue weighted by Gasteiger charge is -2.12. The van der Waals surface area contributed by atoms with Gasteiger partial charge in [0.25, 0.3) is 0 Å². The third-order valence-electron chi connectivity index (χ3n) is 2.58. The van der Waals surface area contributed by atoms with E-state index in [1.54, 1.807) is 30.3 Å². The van der Waals surface area contributed by atoms with Gasteiger partial charge < -0.3 is 10.5 Å². The Kier molecular flexibility index (Phi) is 4.64. The second kappa shape index (κ2) is 6.24. The van der Waals surface area contributed by atoms with E-state index in [-0.39, 0.29) is 5.82 Å². The van der Waals surface area contributed by atoms with Gasteiger partial charge in [-0.05, 0) is 43.3 Å². The first-order chi connectivity index (χ1) is 9.11. The lowest BCUT2D eigenvalue weighted by Crippen LogP contribution is -2.06. The molecule has 0 saturated carbocycles. The summed E-state index contributed by atoms with van der Waals surface area (Å²) in [5.41, 5.74) is 5.92. The van der Waals surface area contributed by atoms with Crippen molar-refractivity contribution in [3.05, 3.63) is 57.8 Å². The summed E-state index contributed by atoms with van der Waals surface area (Å²) >= 11 is 11.8. The van der Waals surface area contributed by atoms with E-state index in [2.05, 4.69) is 0 Å². The molecule has 2 N–H and O–H groups in total. The fourth-order valence-electron chi connectivity index (χ4n) is 1.70. The van der Waals surface area contributed by atoms with Crippen LogP contribution >= 0.6 is 23.2 Å². The molecule has 0 fully saturated rings. The van der Waals surface area contributed by atoms with E-state index >= 15 is 0 Å². The van der Waals surface area contributed by atoms with Crippen molar-refractivity contribution in [3.63, 3.8) is 0 Å². The van der Waals surface area contributed by atoms with Crippen LogP contribution in [0.5, 0.6) is 11.5 Å². The normalized spacial score (nSPS) is 10.5. The maximum absolute atomic E-state index is 13.7. The molecule has 19 heavy (non-hydrogen) atoms. The summed E-state index contributed by atoms with van der Waals surface area (Å²) in [6.07, 6.45) is 0.396. The second-order valence-corrected chi connectivity index (χ2v) is 4.78. The van der Waals surface area contributed by atoms with Crippen molar-refractivity contribution in [3.8, 4) is 11.5 Å². The minimum absolute atomic E-state index is 0.339. The highest BCUT2D eigenvalue weighted by molar-refractivity contribution is 6.35. The molecule has 0 spiro atoms. The van der Waals surface area contributed by atoms with Crippen LogP contribution in [0, 0.1) is 5.82 Å². The molecule has 0 amide bonds. The Morgan fingerprint density at radius 2 is 1.89 bits per heavy atom. The average molecular weight is 300 g/mol. The van der Waals surface area contributed by atoms with Crippen LogP contribution in [-0.2, 0) is 6.42 Å². The van der Waals surface area contributed by atoms with Crippen LogP contribution in [0.2, 0.25) is 10.0 Å². The first-order valence-corrected chi connectivity index (χ1v) is 6.47. The number of benzene rings is 2. The van der Waals surface area contributed by atoms with Crippen LogP contribution in [0.25, 0.3) is 0 Å². The minimum Gasteiger partial charge on any atom is -0.455 e. The monoisotopic (exact) mass is 299 g/mol. The van der Waals surface area contributed by atoms with Gasteiger partial charge in [-0.15, -0.1) is 0 Å². The van der Waals surface area contributed by atoms with Crippen molar-refractivity contribution >= 4 is 23.2 Å². The molecule has 0 unspecified atom stereocenters. The zero-order valence-corrected chi connectivity index (χ0v) is 11.5. The summed E-state index contributed by atoms with van der Waals surface area (Å²) in [5, 5.41) is 0.884. The van der Waals surface area contributed by atoms with Crippen molar-refractivity contribution in [1.82, 2.24) is 0 Å². The lowest BCUT2D eigenvalue weighted by molar-refractivity contribution is 0.467. The molecule has 2 rings (SSSR count). The average Bonchev–Trinajstić information content (AvgIpc) is 2.37. The molecule has 0 aromatic heterocycles. The third-order valence-corrected chi connectivity index (χ3v) is 3.11. The largest absolute Gasteiger partial charge is 0.455 e. The maximum atomic E-state index is 13.7. The van der Waals surface area contributed by atoms with Crippen LogP contribution in [-0.4, -0.2) is 6.54 Å². The predicted octanol–water partition coefficient (Wildman–Crippen LogP) is 4.43. The molecule has 0 atom stereocenters. The number of hydrogen-bond acceptors (Lipinski definition) is 2. The van der Waals surface area contributed by atoms with Gasteiger partial charge in [0.05, 0.1) is 5.02 Å². The summed E-state index contributed by atoms with van der Waals surface area (Å²) in [4.78, 5) is 0. The Morgan fingerprint density at radius 3 is 2.58 bits per heavy atom. The SMILES string of the molecule is NCCc1c(F)cccc1Oc1ccc(Cl)cc1Cl. The third kappa shape index (κ3) is 3.38. The molecule has 0 heterocycles. The molecule has 2 aromatic rings. The molecular weight excluding hydrogens is 288 g/mol. The van der Waals surface area contributed by atoms with E-state index < -0.39 is 0 Å². The number of halogens is 3. The number of ether oxygens (including phenoxy) is 1. The van der Waals surface area contributed by atoms with E-state index in [9.17, 15) is 4.39 Å². The van der Waals surface area contributed by atoms with Gasteiger partial charge in [0.1, 0.15) is 17.3 Å². The first kappa shape index (κ1) is 14.1. The molecule has 2 aromatic carbocycles. The van der Waals surface area contributed by atoms with Crippen LogP contribution in [0.3, 0.4) is 0 Å². The molecule has 2 nitrogen and oxygen atoms in total. The smallest absolute Gasteiger partial charge is 0.146 e. The zero-order chi connectivity index (χ0) is 13.8. The summed E-state index contributed by atoms with van der Waals surface area (Å²) in [6.45, 7) is 0.339. The van der Waals surface area contributed by atoms with Crippen molar-refractivity contribution in [2.24, 2.45) is 5.73 Å². The molecule has 0 aliphatic carbocycles. The molecule has 100 valence electrons. The van der Waals surface area contributed by atoms with Crippen LogP contribution < -0.4 is 10.5 Å². The van der Waals surface area contributed by atoms with E-state index in [1.165, 1.54) is 6.07 Å². The van der Waals surface area contributed by atoms with Crippen LogP contribution in [0.15, 0.2) is 36.4 Å². The molecule has 0 aliphatic heterocycles. The van der Waals surface area contributed by atoms with E-state index in [0.29, 0.717) is 40.1 Å². The van der Waals surface area contributed by atoms with Gasteiger partial charge in [-0.2, -0.15) is 0 Å². The minimum atomic E-state index is -0.340. The van der Waals surface area contributed by atoms with Gasteiger partial charge >= 0.3 is 0 Å². The fourth-order valence-corrected chi connectivity index (χ4v) is 2.14. The van der Waals surface area contributed by atoms with Gasteiger partial charge in [0.15, 0.2) is 0 Å². The fraction of sp³-hybridized carbons (Fsp3) is 0.143. The molecule has 0 bridgehead atoms. The van der Waals surface area contributed by atoms with Crippen LogP contribution in [0.1, 0.15) is 5.56 Å². The first-order valence-electron chi connectivity index (χ1n) is 5.72. The Hall–Kier alpha value is -1.29. The molecule has 5 heteroatoms. The van der Waals surface area contributed by atoms with Gasteiger partial charge in [0, 0.05) is 10.6 Å². The lowest BCUT2D eigenvalue weighted by atomic mass is 10.1. The van der Waals surface area contributed by atoms with Gasteiger partial charge in [-0.3, -0.25) is 0 Å². The van der Waals surface area contributed by atoms with Crippen molar-refractivity contribution in [2.75, 3.05) is 6.54 Å². The highest BCUT2D eigenvalue weighted by Crippen LogP contribution is 2.33. The van der Waals surface area contributed by atoms with E-state index in [1.807, 2.05) is 0 Å². The number of rotatable bonds is 4. The molecule has 0 saturated heterocycles. The quantitative estimate of drug-likeness (QED) is 0.906. The number of hydrogen-bond donors (Lipinski definition) is 1. The highest BCUT2D eigenvalue weighted by Gasteiger charge is 2.11. The van der Waals surface area contributed by atoms with Gasteiger partial charge in [-0.1, -0.05) is 29.3 Å². The molecule has 0 aliphatic rings. The highest BCUT2D eigenvalue weighted by atomic mass is 35.5. The van der Waals surface area contributed by atoms with Gasteiger partial charge in [0.2, 0.25) is 0 Å². The van der Waals surface area contributed by atoms with Gasteiger partial charge in [-0.25, -0.2) is 4.39 Å². The van der Waals surface area contributed by atoms with Crippen molar-refractivity contribution in [2.45, 2.75) is 6.42 Å². The number of nitrogens with two attached hydrogens (primary N) is 1. The van der Waals surface area contributed by atoms with E-state index in [0.717, 1.165) is 0 Å². The second-order valence-electron chi connectivity index (χ2n) is 3.93. The van der Waals surface area contributed by atoms with Crippen LogP contribution in [0.4, 0.5) is 4.39 Å². The summed E-state index contributed by atoms with van der Waals surface area (Å²) in [6, 6.07) is 9.50. The standard InChI is InChI=1S/C14H12Cl2FNO/c15-9-4-5-14(11(16)8-9)19-13-3-1-2-12(17)10(13)6-7-18/h1-5,8H,6-7,18H2. The van der Waals surface area contributed by atoms with Crippen molar-refractivity contribution < 1.29 is 9.13 Å². The summed E-state index contributed by atoms with van der Waals surface area (Å²) in [5.74, 6) is 0.498. The Labute approximate surface area is 120 Å². The summed E-state index contributed by atoms with van der Waals surface area (Å²) < 4.78 is 19.4.